The van der Waals surface area contributed by atoms with Crippen molar-refractivity contribution in [3.63, 3.8) is 0 Å². The summed E-state index contributed by atoms with van der Waals surface area (Å²) in [5.74, 6) is -0.391. The van der Waals surface area contributed by atoms with Gasteiger partial charge in [0.25, 0.3) is 0 Å². The summed E-state index contributed by atoms with van der Waals surface area (Å²) in [6, 6.07) is 17.6. The van der Waals surface area contributed by atoms with Crippen molar-refractivity contribution in [2.75, 3.05) is 0 Å². The third-order valence-corrected chi connectivity index (χ3v) is 3.18. The highest BCUT2D eigenvalue weighted by Gasteiger charge is 2.22. The van der Waals surface area contributed by atoms with Crippen LogP contribution in [0.3, 0.4) is 0 Å². The Morgan fingerprint density at radius 1 is 1.00 bits per heavy atom. The van der Waals surface area contributed by atoms with Crippen LogP contribution in [0.2, 0.25) is 0 Å². The molecular weight excluding hydrogens is 286 g/mol. The zero-order valence-electron chi connectivity index (χ0n) is 14.2. The van der Waals surface area contributed by atoms with Crippen molar-refractivity contribution >= 4 is 11.7 Å². The molecule has 0 bridgehead atoms. The predicted molar refractivity (Wildman–Crippen MR) is 93.7 cm³/mol. The molecule has 0 atom stereocenters. The molecule has 0 fully saturated rings. The summed E-state index contributed by atoms with van der Waals surface area (Å²) >= 11 is 0. The molecule has 0 aliphatic heterocycles. The number of aliphatic imine (C=N–C) groups is 1. The molecule has 0 unspecified atom stereocenters. The van der Waals surface area contributed by atoms with Crippen molar-refractivity contribution < 1.29 is 9.53 Å². The topological polar surface area (TPSA) is 38.7 Å². The van der Waals surface area contributed by atoms with Crippen LogP contribution in [0.5, 0.6) is 0 Å². The van der Waals surface area contributed by atoms with E-state index in [1.807, 2.05) is 82.3 Å². The van der Waals surface area contributed by atoms with Crippen LogP contribution in [0.25, 0.3) is 0 Å². The van der Waals surface area contributed by atoms with Crippen molar-refractivity contribution in [1.82, 2.24) is 0 Å². The predicted octanol–water partition coefficient (Wildman–Crippen LogP) is 4.33. The smallest absolute Gasteiger partial charge is 0.357 e. The molecular formula is C20H23NO2. The second-order valence-electron chi connectivity index (χ2n) is 6.52. The van der Waals surface area contributed by atoms with Gasteiger partial charge in [-0.3, -0.25) is 4.99 Å². The maximum absolute atomic E-state index is 12.5. The minimum atomic E-state index is -0.546. The highest BCUT2D eigenvalue weighted by atomic mass is 16.6. The molecule has 0 aliphatic rings. The van der Waals surface area contributed by atoms with Crippen LogP contribution in [-0.4, -0.2) is 17.3 Å². The molecule has 3 nitrogen and oxygen atoms in total. The van der Waals surface area contributed by atoms with Crippen LogP contribution < -0.4 is 0 Å². The number of carbonyl (C=O) groups is 1. The van der Waals surface area contributed by atoms with E-state index in [0.29, 0.717) is 12.3 Å². The fourth-order valence-corrected chi connectivity index (χ4v) is 2.07. The number of rotatable bonds is 4. The molecule has 0 N–H and O–H groups in total. The molecule has 0 saturated carbocycles. The largest absolute Gasteiger partial charge is 0.455 e. The fraction of sp³-hybridized carbons (Fsp3) is 0.300. The van der Waals surface area contributed by atoms with E-state index < -0.39 is 11.6 Å². The highest BCUT2D eigenvalue weighted by Crippen LogP contribution is 2.13. The molecule has 0 heterocycles. The molecule has 0 spiro atoms. The average molecular weight is 309 g/mol. The van der Waals surface area contributed by atoms with Crippen molar-refractivity contribution in [1.29, 1.82) is 0 Å². The highest BCUT2D eigenvalue weighted by molar-refractivity contribution is 6.43. The summed E-state index contributed by atoms with van der Waals surface area (Å²) in [6.07, 6.45) is 0. The van der Waals surface area contributed by atoms with Crippen LogP contribution in [0.4, 0.5) is 0 Å². The third kappa shape index (κ3) is 5.37. The Hall–Kier alpha value is -2.42. The molecule has 3 heteroatoms. The lowest BCUT2D eigenvalue weighted by molar-refractivity contribution is -0.146. The first-order chi connectivity index (χ1) is 10.8. The van der Waals surface area contributed by atoms with E-state index in [0.717, 1.165) is 16.7 Å². The van der Waals surface area contributed by atoms with Gasteiger partial charge in [-0.1, -0.05) is 60.2 Å². The lowest BCUT2D eigenvalue weighted by Crippen LogP contribution is -2.29. The lowest BCUT2D eigenvalue weighted by Gasteiger charge is -2.20. The van der Waals surface area contributed by atoms with Gasteiger partial charge in [0.1, 0.15) is 5.60 Å². The average Bonchev–Trinajstić information content (AvgIpc) is 2.48. The number of hydrogen-bond donors (Lipinski definition) is 0. The summed E-state index contributed by atoms with van der Waals surface area (Å²) in [4.78, 5) is 17.0. The summed E-state index contributed by atoms with van der Waals surface area (Å²) in [5, 5.41) is 0. The Morgan fingerprint density at radius 2 is 1.61 bits per heavy atom. The molecule has 2 aromatic rings. The molecule has 120 valence electrons. The Bertz CT molecular complexity index is 680. The summed E-state index contributed by atoms with van der Waals surface area (Å²) in [6.45, 7) is 8.03. The van der Waals surface area contributed by atoms with Crippen LogP contribution in [-0.2, 0) is 16.1 Å². The van der Waals surface area contributed by atoms with Crippen molar-refractivity contribution in [3.8, 4) is 0 Å². The standard InChI is InChI=1S/C20H23NO2/c1-15-10-12-17(13-11-15)18(19(22)23-20(2,3)4)21-14-16-8-6-5-7-9-16/h5-13H,14H2,1-4H3. The Labute approximate surface area is 138 Å². The Morgan fingerprint density at radius 3 is 2.17 bits per heavy atom. The van der Waals surface area contributed by atoms with Gasteiger partial charge in [-0.05, 0) is 33.3 Å². The first-order valence-electron chi connectivity index (χ1n) is 7.74. The van der Waals surface area contributed by atoms with Crippen LogP contribution in [0.1, 0.15) is 37.5 Å². The lowest BCUT2D eigenvalue weighted by atomic mass is 10.1. The SMILES string of the molecule is Cc1ccc(C(=NCc2ccccc2)C(=O)OC(C)(C)C)cc1. The van der Waals surface area contributed by atoms with Gasteiger partial charge in [0.15, 0.2) is 5.71 Å². The van der Waals surface area contributed by atoms with Crippen LogP contribution >= 0.6 is 0 Å². The van der Waals surface area contributed by atoms with Crippen molar-refractivity contribution in [2.45, 2.75) is 39.8 Å². The van der Waals surface area contributed by atoms with E-state index in [1.165, 1.54) is 0 Å². The maximum Gasteiger partial charge on any atom is 0.357 e. The third-order valence-electron chi connectivity index (χ3n) is 3.18. The van der Waals surface area contributed by atoms with E-state index in [1.54, 1.807) is 0 Å². The maximum atomic E-state index is 12.5. The molecule has 0 saturated heterocycles. The number of esters is 1. The van der Waals surface area contributed by atoms with Gasteiger partial charge in [0, 0.05) is 5.56 Å². The van der Waals surface area contributed by atoms with Gasteiger partial charge in [-0.2, -0.15) is 0 Å². The zero-order chi connectivity index (χ0) is 16.9. The number of hydrogen-bond acceptors (Lipinski definition) is 3. The first-order valence-corrected chi connectivity index (χ1v) is 7.74. The van der Waals surface area contributed by atoms with E-state index in [-0.39, 0.29) is 0 Å². The molecule has 0 aromatic heterocycles. The Kier molecular flexibility index (Phi) is 5.32. The normalized spacial score (nSPS) is 12.1. The van der Waals surface area contributed by atoms with Gasteiger partial charge in [0.2, 0.25) is 0 Å². The van der Waals surface area contributed by atoms with Gasteiger partial charge < -0.3 is 4.74 Å². The van der Waals surface area contributed by atoms with E-state index in [4.69, 9.17) is 4.74 Å². The van der Waals surface area contributed by atoms with E-state index in [9.17, 15) is 4.79 Å². The number of nitrogens with zero attached hydrogens (tertiary/aromatic N) is 1. The molecule has 2 aromatic carbocycles. The first kappa shape index (κ1) is 16.9. The van der Waals surface area contributed by atoms with Crippen LogP contribution in [0, 0.1) is 6.92 Å². The Balaban J connectivity index is 2.30. The van der Waals surface area contributed by atoms with Gasteiger partial charge >= 0.3 is 5.97 Å². The monoisotopic (exact) mass is 309 g/mol. The van der Waals surface area contributed by atoms with Gasteiger partial charge in [-0.25, -0.2) is 4.79 Å². The number of aryl methyl sites for hydroxylation is 1. The fourth-order valence-electron chi connectivity index (χ4n) is 2.07. The number of benzene rings is 2. The van der Waals surface area contributed by atoms with Gasteiger partial charge in [-0.15, -0.1) is 0 Å². The number of ether oxygens (including phenoxy) is 1. The minimum absolute atomic E-state index is 0.365. The summed E-state index contributed by atoms with van der Waals surface area (Å²) in [5.41, 5.74) is 2.79. The van der Waals surface area contributed by atoms with E-state index in [2.05, 4.69) is 4.99 Å². The molecule has 2 rings (SSSR count). The minimum Gasteiger partial charge on any atom is -0.455 e. The van der Waals surface area contributed by atoms with Gasteiger partial charge in [0.05, 0.1) is 6.54 Å². The molecule has 0 radical (unpaired) electrons. The zero-order valence-corrected chi connectivity index (χ0v) is 14.2. The van der Waals surface area contributed by atoms with Crippen molar-refractivity contribution in [3.05, 3.63) is 71.3 Å². The van der Waals surface area contributed by atoms with Crippen LogP contribution in [0.15, 0.2) is 59.6 Å². The second-order valence-corrected chi connectivity index (χ2v) is 6.52. The van der Waals surface area contributed by atoms with E-state index >= 15 is 0 Å². The molecule has 0 aliphatic carbocycles. The molecule has 23 heavy (non-hydrogen) atoms. The van der Waals surface area contributed by atoms with Crippen molar-refractivity contribution in [2.24, 2.45) is 4.99 Å². The summed E-state index contributed by atoms with van der Waals surface area (Å²) < 4.78 is 5.50. The number of carbonyl (C=O) groups excluding carboxylic acids is 1. The molecule has 0 amide bonds. The second kappa shape index (κ2) is 7.23. The quantitative estimate of drug-likeness (QED) is 0.623. The summed E-state index contributed by atoms with van der Waals surface area (Å²) in [7, 11) is 0.